The number of rotatable bonds is 6. The van der Waals surface area contributed by atoms with Crippen molar-refractivity contribution in [3.63, 3.8) is 0 Å². The second-order valence-corrected chi connectivity index (χ2v) is 5.75. The molecule has 2 rings (SSSR count). The van der Waals surface area contributed by atoms with Crippen LogP contribution in [-0.2, 0) is 11.3 Å². The smallest absolute Gasteiger partial charge is 0.345 e. The highest BCUT2D eigenvalue weighted by molar-refractivity contribution is 5.88. The quantitative estimate of drug-likeness (QED) is 0.815. The molecule has 0 heterocycles. The van der Waals surface area contributed by atoms with E-state index >= 15 is 0 Å². The van der Waals surface area contributed by atoms with Gasteiger partial charge in [0.25, 0.3) is 0 Å². The number of amides is 2. The van der Waals surface area contributed by atoms with E-state index < -0.39 is 0 Å². The van der Waals surface area contributed by atoms with Crippen molar-refractivity contribution in [2.75, 3.05) is 19.5 Å². The van der Waals surface area contributed by atoms with Crippen molar-refractivity contribution >= 4 is 11.7 Å². The molecule has 0 saturated carbocycles. The number of ether oxygens (including phenoxy) is 1. The summed E-state index contributed by atoms with van der Waals surface area (Å²) in [5, 5.41) is 3.84. The van der Waals surface area contributed by atoms with Crippen LogP contribution in [0.4, 0.5) is 10.5 Å². The van der Waals surface area contributed by atoms with Crippen LogP contribution in [0, 0.1) is 6.92 Å². The van der Waals surface area contributed by atoms with Crippen molar-refractivity contribution in [2.24, 2.45) is 0 Å². The van der Waals surface area contributed by atoms with Gasteiger partial charge in [0.05, 0.1) is 13.2 Å². The summed E-state index contributed by atoms with van der Waals surface area (Å²) < 4.78 is 5.93. The Balaban J connectivity index is 1.88. The van der Waals surface area contributed by atoms with Gasteiger partial charge in [-0.25, -0.2) is 9.86 Å². The largest absolute Gasteiger partial charge is 0.490 e. The van der Waals surface area contributed by atoms with Gasteiger partial charge in [0.2, 0.25) is 0 Å². The number of hydroxylamine groups is 2. The Morgan fingerprint density at radius 3 is 2.33 bits per heavy atom. The van der Waals surface area contributed by atoms with Gasteiger partial charge in [-0.15, -0.1) is 0 Å². The second-order valence-electron chi connectivity index (χ2n) is 5.75. The Morgan fingerprint density at radius 2 is 1.75 bits per heavy atom. The van der Waals surface area contributed by atoms with E-state index in [0.717, 1.165) is 17.2 Å². The zero-order valence-electron chi connectivity index (χ0n) is 14.6. The topological polar surface area (TPSA) is 50.8 Å². The molecule has 0 aliphatic heterocycles. The van der Waals surface area contributed by atoms with Crippen LogP contribution in [0.25, 0.3) is 0 Å². The number of anilines is 1. The molecule has 5 nitrogen and oxygen atoms in total. The van der Waals surface area contributed by atoms with E-state index in [1.807, 2.05) is 19.1 Å². The highest BCUT2D eigenvalue weighted by atomic mass is 16.7. The van der Waals surface area contributed by atoms with Crippen LogP contribution in [0.2, 0.25) is 0 Å². The second kappa shape index (κ2) is 8.36. The highest BCUT2D eigenvalue weighted by Gasteiger charge is 2.09. The first-order valence-electron chi connectivity index (χ1n) is 7.89. The van der Waals surface area contributed by atoms with Gasteiger partial charge in [0, 0.05) is 19.2 Å². The molecule has 1 N–H and O–H groups in total. The summed E-state index contributed by atoms with van der Waals surface area (Å²) in [5.41, 5.74) is 3.19. The van der Waals surface area contributed by atoms with Gasteiger partial charge in [-0.3, -0.25) is 4.84 Å². The van der Waals surface area contributed by atoms with Gasteiger partial charge >= 0.3 is 6.03 Å². The van der Waals surface area contributed by atoms with Crippen molar-refractivity contribution in [3.05, 3.63) is 59.7 Å². The van der Waals surface area contributed by atoms with E-state index in [4.69, 9.17) is 9.57 Å². The molecule has 0 saturated heterocycles. The van der Waals surface area contributed by atoms with Gasteiger partial charge in [0.1, 0.15) is 5.75 Å². The number of carbonyl (C=O) groups is 1. The monoisotopic (exact) mass is 328 g/mol. The van der Waals surface area contributed by atoms with Gasteiger partial charge < -0.3 is 10.1 Å². The lowest BCUT2D eigenvalue weighted by Gasteiger charge is -2.16. The van der Waals surface area contributed by atoms with Gasteiger partial charge in [-0.05, 0) is 43.7 Å². The summed E-state index contributed by atoms with van der Waals surface area (Å²) in [6.07, 6.45) is 0.907. The Hall–Kier alpha value is -2.53. The molecular formula is C19H24N2O3. The van der Waals surface area contributed by atoms with Crippen LogP contribution < -0.4 is 10.1 Å². The van der Waals surface area contributed by atoms with Crippen molar-refractivity contribution in [2.45, 2.75) is 26.4 Å². The molecule has 0 radical (unpaired) electrons. The first-order valence-corrected chi connectivity index (χ1v) is 7.89. The van der Waals surface area contributed by atoms with Crippen LogP contribution >= 0.6 is 0 Å². The Bertz CT molecular complexity index is 653. The molecule has 2 aromatic rings. The van der Waals surface area contributed by atoms with Crippen molar-refractivity contribution in [3.8, 4) is 5.75 Å². The predicted molar refractivity (Wildman–Crippen MR) is 95.2 cm³/mol. The average Bonchev–Trinajstić information content (AvgIpc) is 2.58. The molecule has 2 amide bonds. The normalized spacial score (nSPS) is 11.7. The fourth-order valence-corrected chi connectivity index (χ4v) is 2.23. The number of nitrogens with zero attached hydrogens (tertiary/aromatic N) is 1. The zero-order chi connectivity index (χ0) is 17.5. The van der Waals surface area contributed by atoms with Crippen molar-refractivity contribution in [1.82, 2.24) is 5.06 Å². The molecular weight excluding hydrogens is 304 g/mol. The molecule has 128 valence electrons. The minimum Gasteiger partial charge on any atom is -0.490 e. The van der Waals surface area contributed by atoms with Crippen LogP contribution in [0.5, 0.6) is 5.75 Å². The lowest BCUT2D eigenvalue weighted by Crippen LogP contribution is -2.30. The standard InChI is InChI=1S/C19H24N2O3/c1-14-5-7-16(8-6-14)13-15(2)24-18-11-9-17(10-12-18)20-19(22)21(3)23-4/h5-12,15H,13H2,1-4H3,(H,20,22). The van der Waals surface area contributed by atoms with E-state index in [1.54, 1.807) is 19.2 Å². The predicted octanol–water partition coefficient (Wildman–Crippen LogP) is 4.03. The van der Waals surface area contributed by atoms with Gasteiger partial charge in [0.15, 0.2) is 0 Å². The van der Waals surface area contributed by atoms with Crippen molar-refractivity contribution < 1.29 is 14.4 Å². The minimum atomic E-state index is -0.334. The molecule has 2 aromatic carbocycles. The minimum absolute atomic E-state index is 0.0628. The zero-order valence-corrected chi connectivity index (χ0v) is 14.6. The molecule has 24 heavy (non-hydrogen) atoms. The lowest BCUT2D eigenvalue weighted by atomic mass is 10.1. The summed E-state index contributed by atoms with van der Waals surface area (Å²) in [4.78, 5) is 16.5. The number of carbonyl (C=O) groups excluding carboxylic acids is 1. The molecule has 0 aliphatic rings. The van der Waals surface area contributed by atoms with Gasteiger partial charge in [-0.1, -0.05) is 29.8 Å². The van der Waals surface area contributed by atoms with Crippen LogP contribution in [-0.4, -0.2) is 31.4 Å². The molecule has 0 aliphatic carbocycles. The number of urea groups is 1. The van der Waals surface area contributed by atoms with E-state index in [1.165, 1.54) is 18.2 Å². The summed E-state index contributed by atoms with van der Waals surface area (Å²) in [6, 6.07) is 15.4. The number of hydrogen-bond acceptors (Lipinski definition) is 3. The Labute approximate surface area is 143 Å². The lowest BCUT2D eigenvalue weighted by molar-refractivity contribution is -0.0598. The third-order valence-corrected chi connectivity index (χ3v) is 3.65. The number of benzene rings is 2. The Morgan fingerprint density at radius 1 is 1.12 bits per heavy atom. The molecule has 1 unspecified atom stereocenters. The summed E-state index contributed by atoms with van der Waals surface area (Å²) in [5.74, 6) is 0.771. The highest BCUT2D eigenvalue weighted by Crippen LogP contribution is 2.18. The summed E-state index contributed by atoms with van der Waals surface area (Å²) in [7, 11) is 2.98. The molecule has 1 atom stereocenters. The third-order valence-electron chi connectivity index (χ3n) is 3.65. The first kappa shape index (κ1) is 17.8. The number of nitrogens with one attached hydrogen (secondary N) is 1. The fourth-order valence-electron chi connectivity index (χ4n) is 2.23. The molecule has 0 bridgehead atoms. The number of hydrogen-bond donors (Lipinski definition) is 1. The van der Waals surface area contributed by atoms with E-state index in [2.05, 4.69) is 36.5 Å². The maximum absolute atomic E-state index is 11.7. The Kier molecular flexibility index (Phi) is 6.21. The average molecular weight is 328 g/mol. The van der Waals surface area contributed by atoms with E-state index in [0.29, 0.717) is 5.69 Å². The third kappa shape index (κ3) is 5.28. The fraction of sp³-hybridized carbons (Fsp3) is 0.316. The summed E-state index contributed by atoms with van der Waals surface area (Å²) in [6.45, 7) is 4.12. The maximum atomic E-state index is 11.7. The van der Waals surface area contributed by atoms with E-state index in [9.17, 15) is 4.79 Å². The van der Waals surface area contributed by atoms with Crippen LogP contribution in [0.1, 0.15) is 18.1 Å². The molecule has 5 heteroatoms. The molecule has 0 spiro atoms. The molecule has 0 aromatic heterocycles. The number of aryl methyl sites for hydroxylation is 1. The summed E-state index contributed by atoms with van der Waals surface area (Å²) >= 11 is 0. The van der Waals surface area contributed by atoms with Crippen molar-refractivity contribution in [1.29, 1.82) is 0 Å². The van der Waals surface area contributed by atoms with Gasteiger partial charge in [-0.2, -0.15) is 0 Å². The van der Waals surface area contributed by atoms with Crippen LogP contribution in [0.3, 0.4) is 0 Å². The molecule has 0 fully saturated rings. The van der Waals surface area contributed by atoms with E-state index in [-0.39, 0.29) is 12.1 Å². The van der Waals surface area contributed by atoms with Crippen LogP contribution in [0.15, 0.2) is 48.5 Å². The SMILES string of the molecule is CON(C)C(=O)Nc1ccc(OC(C)Cc2ccc(C)cc2)cc1. The first-order chi connectivity index (χ1) is 11.5. The maximum Gasteiger partial charge on any atom is 0.345 e.